The van der Waals surface area contributed by atoms with Crippen molar-refractivity contribution in [2.75, 3.05) is 18.0 Å². The number of benzene rings is 2. The van der Waals surface area contributed by atoms with Gasteiger partial charge in [0, 0.05) is 30.1 Å². The normalized spacial score (nSPS) is 15.3. The molecule has 0 saturated carbocycles. The van der Waals surface area contributed by atoms with Crippen molar-refractivity contribution < 1.29 is 18.1 Å². The van der Waals surface area contributed by atoms with E-state index in [2.05, 4.69) is 0 Å². The Bertz CT molecular complexity index is 954. The van der Waals surface area contributed by atoms with E-state index in [1.807, 2.05) is 6.07 Å². The number of hydrogen-bond donors (Lipinski definition) is 0. The van der Waals surface area contributed by atoms with Crippen LogP contribution in [0.15, 0.2) is 36.4 Å². The van der Waals surface area contributed by atoms with Crippen molar-refractivity contribution >= 4 is 23.0 Å². The first-order chi connectivity index (χ1) is 13.2. The number of halogens is 4. The van der Waals surface area contributed by atoms with Gasteiger partial charge in [0.1, 0.15) is 11.5 Å². The molecule has 0 N–H and O–H groups in total. The van der Waals surface area contributed by atoms with Gasteiger partial charge in [-0.15, -0.1) is 0 Å². The molecule has 0 amide bonds. The summed E-state index contributed by atoms with van der Waals surface area (Å²) in [6, 6.07) is 8.97. The van der Waals surface area contributed by atoms with Gasteiger partial charge in [0.2, 0.25) is 0 Å². The lowest BCUT2D eigenvalue weighted by atomic mass is 9.86. The minimum atomic E-state index is -3.41. The van der Waals surface area contributed by atoms with Crippen molar-refractivity contribution in [1.29, 1.82) is 5.26 Å². The van der Waals surface area contributed by atoms with Crippen LogP contribution in [-0.2, 0) is 5.92 Å². The lowest BCUT2D eigenvalue weighted by Crippen LogP contribution is -2.40. The van der Waals surface area contributed by atoms with Crippen LogP contribution in [0.4, 0.5) is 24.5 Å². The maximum absolute atomic E-state index is 14.9. The topological polar surface area (TPSA) is 70.2 Å². The zero-order valence-corrected chi connectivity index (χ0v) is 15.3. The molecule has 0 unspecified atom stereocenters. The van der Waals surface area contributed by atoms with E-state index in [4.69, 9.17) is 16.9 Å². The molecule has 1 heterocycles. The maximum atomic E-state index is 14.9. The van der Waals surface area contributed by atoms with Crippen LogP contribution in [-0.4, -0.2) is 18.0 Å². The molecule has 0 bridgehead atoms. The molecule has 0 atom stereocenters. The van der Waals surface area contributed by atoms with Crippen LogP contribution in [0.25, 0.3) is 0 Å². The zero-order valence-electron chi connectivity index (χ0n) is 14.5. The third-order valence-electron chi connectivity index (χ3n) is 4.94. The van der Waals surface area contributed by atoms with Gasteiger partial charge in [-0.2, -0.15) is 5.26 Å². The molecule has 3 rings (SSSR count). The van der Waals surface area contributed by atoms with Gasteiger partial charge in [-0.25, -0.2) is 13.2 Å². The van der Waals surface area contributed by atoms with Crippen molar-refractivity contribution in [2.45, 2.75) is 18.8 Å². The van der Waals surface area contributed by atoms with Gasteiger partial charge in [0.25, 0.3) is 11.6 Å². The number of nitriles is 1. The summed E-state index contributed by atoms with van der Waals surface area (Å²) < 4.78 is 43.6. The molecule has 28 heavy (non-hydrogen) atoms. The van der Waals surface area contributed by atoms with E-state index in [0.29, 0.717) is 0 Å². The Kier molecular flexibility index (Phi) is 5.47. The first kappa shape index (κ1) is 20.0. The second-order valence-electron chi connectivity index (χ2n) is 6.58. The van der Waals surface area contributed by atoms with Crippen LogP contribution in [0.1, 0.15) is 24.0 Å². The molecule has 0 aromatic heterocycles. The minimum Gasteiger partial charge on any atom is -0.366 e. The Morgan fingerprint density at radius 2 is 1.89 bits per heavy atom. The summed E-state index contributed by atoms with van der Waals surface area (Å²) in [5.74, 6) is -5.54. The molecule has 9 heteroatoms. The Balaban J connectivity index is 1.80. The van der Waals surface area contributed by atoms with Crippen molar-refractivity contribution in [3.05, 3.63) is 68.5 Å². The van der Waals surface area contributed by atoms with E-state index in [9.17, 15) is 23.3 Å². The molecular weight excluding hydrogens is 395 g/mol. The molecule has 2 aromatic rings. The van der Waals surface area contributed by atoms with Crippen LogP contribution in [0.2, 0.25) is 5.02 Å². The Labute approximate surface area is 164 Å². The summed E-state index contributed by atoms with van der Waals surface area (Å²) in [5, 5.41) is 20.2. The van der Waals surface area contributed by atoms with Gasteiger partial charge < -0.3 is 4.90 Å². The van der Waals surface area contributed by atoms with Crippen molar-refractivity contribution in [1.82, 2.24) is 0 Å². The molecule has 1 fully saturated rings. The van der Waals surface area contributed by atoms with E-state index in [1.165, 1.54) is 18.2 Å². The fourth-order valence-corrected chi connectivity index (χ4v) is 3.63. The average molecular weight is 410 g/mol. The second-order valence-corrected chi connectivity index (χ2v) is 7.02. The summed E-state index contributed by atoms with van der Waals surface area (Å²) >= 11 is 5.74. The highest BCUT2D eigenvalue weighted by Crippen LogP contribution is 2.44. The van der Waals surface area contributed by atoms with E-state index >= 15 is 0 Å². The third-order valence-corrected chi connectivity index (χ3v) is 5.17. The number of nitro groups is 1. The molecule has 0 aliphatic carbocycles. The average Bonchev–Trinajstić information content (AvgIpc) is 2.69. The first-order valence-corrected chi connectivity index (χ1v) is 8.88. The smallest absolute Gasteiger partial charge is 0.293 e. The van der Waals surface area contributed by atoms with Crippen LogP contribution >= 0.6 is 11.6 Å². The van der Waals surface area contributed by atoms with E-state index in [-0.39, 0.29) is 47.9 Å². The number of nitro benzene ring substituents is 1. The molecule has 5 nitrogen and oxygen atoms in total. The third kappa shape index (κ3) is 3.76. The summed E-state index contributed by atoms with van der Waals surface area (Å²) in [7, 11) is 0. The fraction of sp³-hybridized carbons (Fsp3) is 0.316. The van der Waals surface area contributed by atoms with Gasteiger partial charge in [-0.05, 0) is 43.2 Å². The minimum absolute atomic E-state index is 0.0239. The lowest BCUT2D eigenvalue weighted by Gasteiger charge is -2.37. The van der Waals surface area contributed by atoms with E-state index < -0.39 is 28.1 Å². The predicted molar refractivity (Wildman–Crippen MR) is 98.1 cm³/mol. The molecule has 0 spiro atoms. The number of piperidine rings is 1. The summed E-state index contributed by atoms with van der Waals surface area (Å²) in [6.07, 6.45) is 0.0478. The van der Waals surface area contributed by atoms with Gasteiger partial charge in [0.15, 0.2) is 0 Å². The molecule has 146 valence electrons. The number of anilines is 1. The highest BCUT2D eigenvalue weighted by Gasteiger charge is 2.45. The molecule has 1 aliphatic rings. The van der Waals surface area contributed by atoms with Crippen molar-refractivity contribution in [3.8, 4) is 6.07 Å². The van der Waals surface area contributed by atoms with Gasteiger partial charge in [0.05, 0.1) is 22.1 Å². The largest absolute Gasteiger partial charge is 0.366 e. The van der Waals surface area contributed by atoms with Crippen molar-refractivity contribution in [3.63, 3.8) is 0 Å². The molecular formula is C19H15ClF3N3O2. The second kappa shape index (κ2) is 7.68. The van der Waals surface area contributed by atoms with Crippen LogP contribution < -0.4 is 4.90 Å². The van der Waals surface area contributed by atoms with Gasteiger partial charge >= 0.3 is 0 Å². The standard InChI is InChI=1S/C19H15ClF3N3O2/c20-14-2-3-16(21)15(10-14)19(22,23)13-5-7-25(8-6-13)17-4-1-12(11-24)9-18(17)26(27)28/h1-4,9-10,13H,5-8H2. The number of rotatable bonds is 4. The SMILES string of the molecule is N#Cc1ccc(N2CCC(C(F)(F)c3cc(Cl)ccc3F)CC2)c([N+](=O)[O-])c1. The highest BCUT2D eigenvalue weighted by atomic mass is 35.5. The number of alkyl halides is 2. The summed E-state index contributed by atoms with van der Waals surface area (Å²) in [4.78, 5) is 12.3. The van der Waals surface area contributed by atoms with Crippen LogP contribution in [0, 0.1) is 33.2 Å². The van der Waals surface area contributed by atoms with Gasteiger partial charge in [-0.3, -0.25) is 10.1 Å². The molecule has 1 aliphatic heterocycles. The first-order valence-electron chi connectivity index (χ1n) is 8.51. The van der Waals surface area contributed by atoms with E-state index in [0.717, 1.165) is 18.2 Å². The highest BCUT2D eigenvalue weighted by molar-refractivity contribution is 6.30. The van der Waals surface area contributed by atoms with Crippen LogP contribution in [0.3, 0.4) is 0 Å². The Morgan fingerprint density at radius 1 is 1.21 bits per heavy atom. The predicted octanol–water partition coefficient (Wildman–Crippen LogP) is 5.27. The monoisotopic (exact) mass is 409 g/mol. The summed E-state index contributed by atoms with van der Waals surface area (Å²) in [6.45, 7) is 0.296. The molecule has 1 saturated heterocycles. The van der Waals surface area contributed by atoms with Crippen molar-refractivity contribution in [2.24, 2.45) is 5.92 Å². The Hall–Kier alpha value is -2.79. The Morgan fingerprint density at radius 3 is 2.50 bits per heavy atom. The quantitative estimate of drug-likeness (QED) is 0.509. The van der Waals surface area contributed by atoms with Gasteiger partial charge in [-0.1, -0.05) is 11.6 Å². The van der Waals surface area contributed by atoms with E-state index in [1.54, 1.807) is 4.90 Å². The fourth-order valence-electron chi connectivity index (χ4n) is 3.46. The number of nitrogens with zero attached hydrogens (tertiary/aromatic N) is 3. The zero-order chi connectivity index (χ0) is 20.5. The maximum Gasteiger partial charge on any atom is 0.293 e. The lowest BCUT2D eigenvalue weighted by molar-refractivity contribution is -0.384. The molecule has 0 radical (unpaired) electrons. The van der Waals surface area contributed by atoms with Crippen LogP contribution in [0.5, 0.6) is 0 Å². The number of hydrogen-bond acceptors (Lipinski definition) is 4. The summed E-state index contributed by atoms with van der Waals surface area (Å²) in [5.41, 5.74) is -0.555. The molecule has 2 aromatic carbocycles.